The lowest BCUT2D eigenvalue weighted by Gasteiger charge is -2.35. The van der Waals surface area contributed by atoms with E-state index in [1.54, 1.807) is 0 Å². The lowest BCUT2D eigenvalue weighted by molar-refractivity contribution is -0.147. The molecule has 0 saturated carbocycles. The van der Waals surface area contributed by atoms with Gasteiger partial charge in [-0.05, 0) is 32.1 Å². The van der Waals surface area contributed by atoms with E-state index in [1.165, 1.54) is 42.5 Å². The van der Waals surface area contributed by atoms with Gasteiger partial charge in [0.05, 0.1) is 91.5 Å². The molecule has 8 N–H and O–H groups in total. The second-order valence-corrected chi connectivity index (χ2v) is 17.7. The molecular weight excluding hydrogens is 955 g/mol. The van der Waals surface area contributed by atoms with Crippen LogP contribution in [-0.4, -0.2) is 215 Å². The Kier molecular flexibility index (Phi) is 39.2. The molecule has 0 aromatic heterocycles. The minimum atomic E-state index is -1.17. The zero-order valence-corrected chi connectivity index (χ0v) is 43.6. The summed E-state index contributed by atoms with van der Waals surface area (Å²) in [5, 5.41) is 37.3. The number of hydroxylamine groups is 1. The predicted octanol–water partition coefficient (Wildman–Crippen LogP) is 0.544. The summed E-state index contributed by atoms with van der Waals surface area (Å²) in [6.45, 7) is 12.3. The van der Waals surface area contributed by atoms with Crippen molar-refractivity contribution in [1.29, 1.82) is 0 Å². The van der Waals surface area contributed by atoms with Gasteiger partial charge in [0, 0.05) is 38.2 Å². The summed E-state index contributed by atoms with van der Waals surface area (Å²) >= 11 is 0.987. The maximum absolute atomic E-state index is 14.2. The summed E-state index contributed by atoms with van der Waals surface area (Å²) in [4.78, 5) is 105. The number of amides is 6. The molecule has 0 bridgehead atoms. The number of hydrogen-bond acceptors (Lipinski definition) is 17. The molecule has 0 aromatic carbocycles. The van der Waals surface area contributed by atoms with E-state index >= 15 is 0 Å². The highest BCUT2D eigenvalue weighted by Gasteiger charge is 2.36. The summed E-state index contributed by atoms with van der Waals surface area (Å²) in [5.74, 6) is -5.95. The highest BCUT2D eigenvalue weighted by molar-refractivity contribution is 8.00. The first-order chi connectivity index (χ1) is 33.9. The zero-order valence-electron chi connectivity index (χ0n) is 42.8. The van der Waals surface area contributed by atoms with Crippen molar-refractivity contribution < 1.29 is 82.2 Å². The number of unbranched alkanes of at least 4 members (excludes halogenated alkanes) is 2. The van der Waals surface area contributed by atoms with Crippen LogP contribution in [0, 0.1) is 5.92 Å². The Bertz CT molecular complexity index is 1590. The second-order valence-electron chi connectivity index (χ2n) is 16.7. The molecular formula is C46H83N7O17S. The van der Waals surface area contributed by atoms with E-state index in [9.17, 15) is 38.4 Å². The molecule has 410 valence electrons. The molecule has 4 atom stereocenters. The summed E-state index contributed by atoms with van der Waals surface area (Å²) in [5.41, 5.74) is 1.71. The largest absolute Gasteiger partial charge is 0.481 e. The second kappa shape index (κ2) is 41.9. The van der Waals surface area contributed by atoms with Gasteiger partial charge in [-0.1, -0.05) is 53.4 Å². The maximum atomic E-state index is 14.2. The number of rotatable bonds is 45. The van der Waals surface area contributed by atoms with Gasteiger partial charge in [-0.2, -0.15) is 0 Å². The van der Waals surface area contributed by atoms with E-state index in [1.807, 2.05) is 27.7 Å². The van der Waals surface area contributed by atoms with Crippen LogP contribution >= 0.6 is 11.8 Å². The topological polar surface area (TPSA) is 319 Å². The first kappa shape index (κ1) is 66.4. The van der Waals surface area contributed by atoms with Crippen molar-refractivity contribution >= 4 is 59.1 Å². The summed E-state index contributed by atoms with van der Waals surface area (Å²) < 4.78 is 32.4. The first-order valence-corrected chi connectivity index (χ1v) is 25.3. The lowest BCUT2D eigenvalue weighted by atomic mass is 10.00. The van der Waals surface area contributed by atoms with Crippen LogP contribution in [0.3, 0.4) is 0 Å². The standard InChI is InChI=1S/C46H83N7O17S/c1-8-10-12-37(52(6)46(63)38(13-11-9-2)53(7)45(62)34(5)29-47-30-41(57)58)44(61)49-35(28-33(3)4)43(60)50-36(31-71-32-39(54)51-64)42(59)48-15-17-66-19-21-68-23-25-70-27-26-69-24-22-67-20-18-65-16-14-40(55)56/h29,33,35-38,47,64H,8-28,30-32H2,1-7H3,(H,48,59)(H,49,61)(H,50,60)(H,51,54)(H,55,56)(H,57,58)/b34-29+/t35-,36-,37-,38-/m0/s1. The fraction of sp³-hybridized carbons (Fsp3) is 0.783. The maximum Gasteiger partial charge on any atom is 0.322 e. The number of nitrogens with zero attached hydrogens (tertiary/aromatic N) is 2. The van der Waals surface area contributed by atoms with E-state index in [-0.39, 0.29) is 75.2 Å². The average molecular weight is 1040 g/mol. The van der Waals surface area contributed by atoms with Gasteiger partial charge < -0.3 is 69.7 Å². The van der Waals surface area contributed by atoms with Gasteiger partial charge >= 0.3 is 11.9 Å². The summed E-state index contributed by atoms with van der Waals surface area (Å²) in [7, 11) is 2.96. The molecule has 0 saturated heterocycles. The number of likely N-dealkylation sites (N-methyl/N-ethyl adjacent to an activating group) is 2. The Morgan fingerprint density at radius 3 is 1.61 bits per heavy atom. The van der Waals surface area contributed by atoms with Crippen molar-refractivity contribution in [2.24, 2.45) is 5.92 Å². The smallest absolute Gasteiger partial charge is 0.322 e. The molecule has 6 amide bonds. The van der Waals surface area contributed by atoms with Gasteiger partial charge in [-0.15, -0.1) is 11.8 Å². The Hall–Kier alpha value is -4.63. The van der Waals surface area contributed by atoms with Crippen molar-refractivity contribution in [2.45, 2.75) is 110 Å². The third kappa shape index (κ3) is 32.9. The van der Waals surface area contributed by atoms with E-state index in [0.29, 0.717) is 78.5 Å². The Morgan fingerprint density at radius 1 is 0.634 bits per heavy atom. The van der Waals surface area contributed by atoms with Crippen LogP contribution in [0.25, 0.3) is 0 Å². The van der Waals surface area contributed by atoms with Crippen LogP contribution in [0.4, 0.5) is 0 Å². The number of carboxylic acid groups (broad SMARTS) is 2. The summed E-state index contributed by atoms with van der Waals surface area (Å²) in [6.07, 6.45) is 4.53. The average Bonchev–Trinajstić information content (AvgIpc) is 3.32. The molecule has 0 aromatic rings. The highest BCUT2D eigenvalue weighted by atomic mass is 32.2. The fourth-order valence-corrected chi connectivity index (χ4v) is 7.24. The molecule has 0 fully saturated rings. The molecule has 71 heavy (non-hydrogen) atoms. The lowest BCUT2D eigenvalue weighted by Crippen LogP contribution is -2.59. The van der Waals surface area contributed by atoms with Crippen LogP contribution in [0.15, 0.2) is 11.8 Å². The Balaban J connectivity index is 5.42. The van der Waals surface area contributed by atoms with Gasteiger partial charge in [0.25, 0.3) is 11.8 Å². The summed E-state index contributed by atoms with van der Waals surface area (Å²) in [6, 6.07) is -4.28. The third-order valence-corrected chi connectivity index (χ3v) is 11.3. The van der Waals surface area contributed by atoms with Crippen molar-refractivity contribution in [1.82, 2.24) is 36.5 Å². The van der Waals surface area contributed by atoms with Crippen molar-refractivity contribution in [3.05, 3.63) is 11.8 Å². The molecule has 0 aliphatic carbocycles. The molecule has 0 heterocycles. The molecule has 0 unspecified atom stereocenters. The number of carboxylic acids is 2. The zero-order chi connectivity index (χ0) is 53.4. The van der Waals surface area contributed by atoms with E-state index in [2.05, 4.69) is 21.3 Å². The molecule has 24 nitrogen and oxygen atoms in total. The first-order valence-electron chi connectivity index (χ1n) is 24.1. The predicted molar refractivity (Wildman–Crippen MR) is 262 cm³/mol. The van der Waals surface area contributed by atoms with Gasteiger partial charge in [-0.25, -0.2) is 5.48 Å². The normalized spacial score (nSPS) is 13.1. The van der Waals surface area contributed by atoms with Gasteiger partial charge in [0.15, 0.2) is 0 Å². The van der Waals surface area contributed by atoms with Crippen LogP contribution in [0.2, 0.25) is 0 Å². The fourth-order valence-electron chi connectivity index (χ4n) is 6.40. The monoisotopic (exact) mass is 1040 g/mol. The minimum absolute atomic E-state index is 0.0509. The molecule has 0 spiro atoms. The van der Waals surface area contributed by atoms with E-state index in [0.717, 1.165) is 18.2 Å². The Morgan fingerprint density at radius 2 is 1.13 bits per heavy atom. The van der Waals surface area contributed by atoms with Crippen LogP contribution in [0.1, 0.15) is 86.0 Å². The quantitative estimate of drug-likeness (QED) is 0.0179. The van der Waals surface area contributed by atoms with Crippen molar-refractivity contribution in [2.75, 3.05) is 118 Å². The van der Waals surface area contributed by atoms with E-state index in [4.69, 9.17) is 43.8 Å². The van der Waals surface area contributed by atoms with Crippen molar-refractivity contribution in [3.63, 3.8) is 0 Å². The van der Waals surface area contributed by atoms with E-state index < -0.39 is 78.1 Å². The molecule has 0 aliphatic heterocycles. The number of ether oxygens (including phenoxy) is 6. The number of carbonyl (C=O) groups excluding carboxylic acids is 6. The van der Waals surface area contributed by atoms with Crippen LogP contribution < -0.4 is 26.7 Å². The SMILES string of the molecule is CCCC[C@@H](C(=O)N(C)[C@@H](CCCC)C(=O)N[C@@H](CC(C)C)C(=O)N[C@@H](CSCC(=O)NO)C(=O)NCCOCCOCCOCCOCCOCCOCCC(=O)O)N(C)C(=O)/C(C)=C/NCC(=O)O. The minimum Gasteiger partial charge on any atom is -0.481 e. The molecule has 25 heteroatoms. The number of thioether (sulfide) groups is 1. The molecule has 0 aliphatic rings. The van der Waals surface area contributed by atoms with Crippen LogP contribution in [0.5, 0.6) is 0 Å². The van der Waals surface area contributed by atoms with Crippen molar-refractivity contribution in [3.8, 4) is 0 Å². The molecule has 0 rings (SSSR count). The Labute approximate surface area is 422 Å². The van der Waals surface area contributed by atoms with Crippen LogP contribution in [-0.2, 0) is 66.8 Å². The highest BCUT2D eigenvalue weighted by Crippen LogP contribution is 2.18. The third-order valence-electron chi connectivity index (χ3n) is 10.2. The number of carbonyl (C=O) groups is 8. The number of hydrogen-bond donors (Lipinski definition) is 8. The van der Waals surface area contributed by atoms with Gasteiger partial charge in [-0.3, -0.25) is 43.6 Å². The van der Waals surface area contributed by atoms with Gasteiger partial charge in [0.1, 0.15) is 30.7 Å². The van der Waals surface area contributed by atoms with Gasteiger partial charge in [0.2, 0.25) is 23.6 Å². The molecule has 0 radical (unpaired) electrons. The number of nitrogens with one attached hydrogen (secondary N) is 5. The number of aliphatic carboxylic acids is 2.